The number of ether oxygens (including phenoxy) is 1. The van der Waals surface area contributed by atoms with Gasteiger partial charge in [0, 0.05) is 18.5 Å². The first-order chi connectivity index (χ1) is 12.7. The third-order valence-electron chi connectivity index (χ3n) is 4.73. The summed E-state index contributed by atoms with van der Waals surface area (Å²) in [5, 5.41) is 11.3. The Bertz CT molecular complexity index is 623. The number of nitrogens with one attached hydrogen (secondary N) is 1. The molecule has 1 aliphatic rings. The van der Waals surface area contributed by atoms with Crippen molar-refractivity contribution >= 4 is 17.6 Å². The minimum atomic E-state index is -4.13. The molecule has 0 saturated heterocycles. The summed E-state index contributed by atoms with van der Waals surface area (Å²) in [6, 6.07) is 6.69. The molecule has 0 heterocycles. The molecular formula is C19H24F3NO4. The van der Waals surface area contributed by atoms with E-state index in [1.807, 2.05) is 0 Å². The van der Waals surface area contributed by atoms with Crippen LogP contribution in [-0.2, 0) is 9.59 Å². The van der Waals surface area contributed by atoms with Gasteiger partial charge in [-0.05, 0) is 62.3 Å². The van der Waals surface area contributed by atoms with Gasteiger partial charge in [-0.2, -0.15) is 13.2 Å². The summed E-state index contributed by atoms with van der Waals surface area (Å²) < 4.78 is 43.4. The molecular weight excluding hydrogens is 363 g/mol. The number of aliphatic carboxylic acids is 1. The van der Waals surface area contributed by atoms with Crippen LogP contribution in [0.2, 0.25) is 0 Å². The number of anilines is 1. The highest BCUT2D eigenvalue weighted by Crippen LogP contribution is 2.40. The summed E-state index contributed by atoms with van der Waals surface area (Å²) in [7, 11) is 0. The molecule has 0 aromatic heterocycles. The van der Waals surface area contributed by atoms with Crippen molar-refractivity contribution in [1.29, 1.82) is 0 Å². The lowest BCUT2D eigenvalue weighted by molar-refractivity contribution is -0.184. The summed E-state index contributed by atoms with van der Waals surface area (Å²) in [5.74, 6) is -1.76. The van der Waals surface area contributed by atoms with Gasteiger partial charge in [0.15, 0.2) is 0 Å². The molecule has 1 fully saturated rings. The fourth-order valence-corrected chi connectivity index (χ4v) is 3.22. The largest absolute Gasteiger partial charge is 0.494 e. The van der Waals surface area contributed by atoms with Gasteiger partial charge in [0.25, 0.3) is 0 Å². The maximum absolute atomic E-state index is 12.7. The molecule has 5 nitrogen and oxygen atoms in total. The number of carbonyl (C=O) groups is 2. The standard InChI is InChI=1S/C19H24F3NO4/c20-19(21,22)14-5-3-13(4-6-14)12-17(24)23-15-7-9-16(10-8-15)27-11-1-2-18(25)26/h7-10,13-14H,1-6,11-12H2,(H,23,24)(H,25,26). The molecule has 0 bridgehead atoms. The number of benzene rings is 1. The number of rotatable bonds is 8. The molecule has 1 aliphatic carbocycles. The number of amides is 1. The van der Waals surface area contributed by atoms with E-state index in [4.69, 9.17) is 9.84 Å². The van der Waals surface area contributed by atoms with Gasteiger partial charge in [-0.3, -0.25) is 9.59 Å². The van der Waals surface area contributed by atoms with Crippen LogP contribution in [0.15, 0.2) is 24.3 Å². The molecule has 27 heavy (non-hydrogen) atoms. The van der Waals surface area contributed by atoms with Crippen LogP contribution in [0, 0.1) is 11.8 Å². The lowest BCUT2D eigenvalue weighted by Gasteiger charge is -2.29. The van der Waals surface area contributed by atoms with E-state index in [2.05, 4.69) is 5.32 Å². The quantitative estimate of drug-likeness (QED) is 0.638. The predicted molar refractivity (Wildman–Crippen MR) is 93.6 cm³/mol. The lowest BCUT2D eigenvalue weighted by Crippen LogP contribution is -2.29. The third kappa shape index (κ3) is 7.48. The monoisotopic (exact) mass is 387 g/mol. The lowest BCUT2D eigenvalue weighted by atomic mass is 9.80. The van der Waals surface area contributed by atoms with Crippen molar-refractivity contribution in [2.75, 3.05) is 11.9 Å². The number of hydrogen-bond acceptors (Lipinski definition) is 3. The number of alkyl halides is 3. The molecule has 1 saturated carbocycles. The first-order valence-corrected chi connectivity index (χ1v) is 9.05. The molecule has 0 unspecified atom stereocenters. The zero-order valence-corrected chi connectivity index (χ0v) is 14.9. The average molecular weight is 387 g/mol. The summed E-state index contributed by atoms with van der Waals surface area (Å²) in [6.07, 6.45) is -2.45. The number of carboxylic acids is 1. The molecule has 150 valence electrons. The zero-order chi connectivity index (χ0) is 19.9. The van der Waals surface area contributed by atoms with Crippen molar-refractivity contribution < 1.29 is 32.6 Å². The first kappa shape index (κ1) is 21.1. The molecule has 8 heteroatoms. The molecule has 1 amide bonds. The molecule has 2 N–H and O–H groups in total. The Morgan fingerprint density at radius 3 is 2.30 bits per heavy atom. The molecule has 1 aromatic carbocycles. The van der Waals surface area contributed by atoms with E-state index in [1.54, 1.807) is 24.3 Å². The van der Waals surface area contributed by atoms with E-state index in [9.17, 15) is 22.8 Å². The minimum absolute atomic E-state index is 0.0135. The van der Waals surface area contributed by atoms with Gasteiger partial charge in [-0.1, -0.05) is 0 Å². The van der Waals surface area contributed by atoms with Crippen molar-refractivity contribution in [2.24, 2.45) is 11.8 Å². The molecule has 0 spiro atoms. The van der Waals surface area contributed by atoms with Crippen molar-refractivity contribution in [3.05, 3.63) is 24.3 Å². The van der Waals surface area contributed by atoms with Crippen LogP contribution < -0.4 is 10.1 Å². The Balaban J connectivity index is 1.71. The second-order valence-electron chi connectivity index (χ2n) is 6.88. The highest BCUT2D eigenvalue weighted by Gasteiger charge is 2.41. The van der Waals surface area contributed by atoms with Crippen LogP contribution in [0.1, 0.15) is 44.9 Å². The second-order valence-corrected chi connectivity index (χ2v) is 6.88. The highest BCUT2D eigenvalue weighted by molar-refractivity contribution is 5.90. The Hall–Kier alpha value is -2.25. The van der Waals surface area contributed by atoms with Gasteiger partial charge in [0.2, 0.25) is 5.91 Å². The van der Waals surface area contributed by atoms with Gasteiger partial charge < -0.3 is 15.2 Å². The fourth-order valence-electron chi connectivity index (χ4n) is 3.22. The predicted octanol–water partition coefficient (Wildman–Crippen LogP) is 4.63. The van der Waals surface area contributed by atoms with Crippen molar-refractivity contribution in [2.45, 2.75) is 51.1 Å². The Kier molecular flexibility index (Phi) is 7.50. The fraction of sp³-hybridized carbons (Fsp3) is 0.579. The molecule has 0 aliphatic heterocycles. The van der Waals surface area contributed by atoms with E-state index in [-0.39, 0.29) is 37.5 Å². The smallest absolute Gasteiger partial charge is 0.391 e. The van der Waals surface area contributed by atoms with Crippen molar-refractivity contribution in [3.63, 3.8) is 0 Å². The highest BCUT2D eigenvalue weighted by atomic mass is 19.4. The van der Waals surface area contributed by atoms with Crippen LogP contribution in [-0.4, -0.2) is 29.8 Å². The summed E-state index contributed by atoms with van der Waals surface area (Å²) in [6.45, 7) is 0.290. The number of carbonyl (C=O) groups excluding carboxylic acids is 1. The van der Waals surface area contributed by atoms with Gasteiger partial charge in [-0.15, -0.1) is 0 Å². The minimum Gasteiger partial charge on any atom is -0.494 e. The number of hydrogen-bond donors (Lipinski definition) is 2. The molecule has 0 radical (unpaired) electrons. The van der Waals surface area contributed by atoms with Gasteiger partial charge in [-0.25, -0.2) is 0 Å². The van der Waals surface area contributed by atoms with E-state index in [0.29, 0.717) is 37.3 Å². The van der Waals surface area contributed by atoms with Crippen LogP contribution in [0.4, 0.5) is 18.9 Å². The second kappa shape index (κ2) is 9.62. The van der Waals surface area contributed by atoms with Gasteiger partial charge >= 0.3 is 12.1 Å². The molecule has 2 rings (SSSR count). The van der Waals surface area contributed by atoms with Crippen molar-refractivity contribution in [1.82, 2.24) is 0 Å². The molecule has 1 aromatic rings. The van der Waals surface area contributed by atoms with E-state index in [1.165, 1.54) is 0 Å². The Morgan fingerprint density at radius 1 is 1.11 bits per heavy atom. The first-order valence-electron chi connectivity index (χ1n) is 9.05. The topological polar surface area (TPSA) is 75.6 Å². The number of carboxylic acid groups (broad SMARTS) is 1. The Morgan fingerprint density at radius 2 is 1.74 bits per heavy atom. The van der Waals surface area contributed by atoms with Gasteiger partial charge in [0.05, 0.1) is 12.5 Å². The summed E-state index contributed by atoms with van der Waals surface area (Å²) in [5.41, 5.74) is 0.585. The van der Waals surface area contributed by atoms with E-state index >= 15 is 0 Å². The van der Waals surface area contributed by atoms with E-state index < -0.39 is 18.1 Å². The SMILES string of the molecule is O=C(O)CCCOc1ccc(NC(=O)CC2CCC(C(F)(F)F)CC2)cc1. The molecule has 0 atom stereocenters. The van der Waals surface area contributed by atoms with Crippen LogP contribution >= 0.6 is 0 Å². The zero-order valence-electron chi connectivity index (χ0n) is 14.9. The van der Waals surface area contributed by atoms with E-state index in [0.717, 1.165) is 0 Å². The van der Waals surface area contributed by atoms with Crippen LogP contribution in [0.25, 0.3) is 0 Å². The Labute approximate surface area is 155 Å². The maximum atomic E-state index is 12.7. The maximum Gasteiger partial charge on any atom is 0.391 e. The van der Waals surface area contributed by atoms with Crippen LogP contribution in [0.3, 0.4) is 0 Å². The normalized spacial score (nSPS) is 20.1. The van der Waals surface area contributed by atoms with Gasteiger partial charge in [0.1, 0.15) is 5.75 Å². The average Bonchev–Trinajstić information content (AvgIpc) is 2.59. The van der Waals surface area contributed by atoms with Crippen molar-refractivity contribution in [3.8, 4) is 5.75 Å². The number of halogens is 3. The third-order valence-corrected chi connectivity index (χ3v) is 4.73. The summed E-state index contributed by atoms with van der Waals surface area (Å²) >= 11 is 0. The van der Waals surface area contributed by atoms with Crippen LogP contribution in [0.5, 0.6) is 5.75 Å². The summed E-state index contributed by atoms with van der Waals surface area (Å²) in [4.78, 5) is 22.5.